The molecule has 0 saturated carbocycles. The first-order valence-electron chi connectivity index (χ1n) is 8.62. The van der Waals surface area contributed by atoms with E-state index in [4.69, 9.17) is 14.2 Å². The maximum atomic E-state index is 11.9. The van der Waals surface area contributed by atoms with Crippen LogP contribution in [0.25, 0.3) is 0 Å². The fourth-order valence-corrected chi connectivity index (χ4v) is 2.52. The summed E-state index contributed by atoms with van der Waals surface area (Å²) in [5.74, 6) is 0.412. The van der Waals surface area contributed by atoms with E-state index in [1.165, 1.54) is 5.56 Å². The summed E-state index contributed by atoms with van der Waals surface area (Å²) in [7, 11) is 3.11. The highest BCUT2D eigenvalue weighted by Gasteiger charge is 2.10. The van der Waals surface area contributed by atoms with Crippen molar-refractivity contribution in [1.29, 1.82) is 0 Å². The number of amides is 1. The molecule has 2 rings (SSSR count). The lowest BCUT2D eigenvalue weighted by Crippen LogP contribution is -2.28. The molecule has 0 saturated heterocycles. The van der Waals surface area contributed by atoms with Crippen LogP contribution in [0.5, 0.6) is 11.5 Å². The predicted octanol–water partition coefficient (Wildman–Crippen LogP) is 2.72. The maximum absolute atomic E-state index is 11.9. The average Bonchev–Trinajstić information content (AvgIpc) is 2.67. The molecule has 0 aliphatic heterocycles. The first-order valence-corrected chi connectivity index (χ1v) is 8.62. The molecule has 0 radical (unpaired) electrons. The van der Waals surface area contributed by atoms with Crippen LogP contribution in [0.1, 0.15) is 22.3 Å². The Morgan fingerprint density at radius 1 is 0.889 bits per heavy atom. The Kier molecular flexibility index (Phi) is 7.23. The van der Waals surface area contributed by atoms with E-state index in [1.54, 1.807) is 26.4 Å². The van der Waals surface area contributed by atoms with Gasteiger partial charge in [-0.1, -0.05) is 24.3 Å². The summed E-state index contributed by atoms with van der Waals surface area (Å²) < 4.78 is 15.5. The molecular weight excluding hydrogens is 346 g/mol. The molecule has 1 amide bonds. The quantitative estimate of drug-likeness (QED) is 0.722. The Morgan fingerprint density at radius 2 is 1.59 bits per heavy atom. The zero-order valence-corrected chi connectivity index (χ0v) is 16.1. The van der Waals surface area contributed by atoms with Gasteiger partial charge < -0.3 is 19.5 Å². The Bertz CT molecular complexity index is 816. The maximum Gasteiger partial charge on any atom is 0.310 e. The van der Waals surface area contributed by atoms with Crippen molar-refractivity contribution >= 4 is 11.9 Å². The van der Waals surface area contributed by atoms with Crippen LogP contribution in [0, 0.1) is 13.8 Å². The molecule has 0 unspecified atom stereocenters. The first-order chi connectivity index (χ1) is 12.9. The molecule has 6 nitrogen and oxygen atoms in total. The van der Waals surface area contributed by atoms with Crippen LogP contribution in [0.3, 0.4) is 0 Å². The van der Waals surface area contributed by atoms with Gasteiger partial charge in [-0.15, -0.1) is 0 Å². The molecule has 0 aliphatic rings. The van der Waals surface area contributed by atoms with Crippen LogP contribution in [-0.4, -0.2) is 32.7 Å². The summed E-state index contributed by atoms with van der Waals surface area (Å²) in [6.45, 7) is 4.00. The highest BCUT2D eigenvalue weighted by atomic mass is 16.5. The molecule has 0 bridgehead atoms. The van der Waals surface area contributed by atoms with E-state index in [0.717, 1.165) is 16.7 Å². The molecule has 2 aromatic carbocycles. The average molecular weight is 371 g/mol. The van der Waals surface area contributed by atoms with E-state index in [-0.39, 0.29) is 18.9 Å². The smallest absolute Gasteiger partial charge is 0.310 e. The molecule has 0 aliphatic carbocycles. The molecule has 2 aromatic rings. The van der Waals surface area contributed by atoms with Gasteiger partial charge in [-0.05, 0) is 48.2 Å². The SMILES string of the molecule is COc1ccc(CNC(=O)COC(=O)Cc2ccc(C)c(C)c2)cc1OC. The van der Waals surface area contributed by atoms with Crippen molar-refractivity contribution in [3.05, 3.63) is 58.7 Å². The van der Waals surface area contributed by atoms with Gasteiger partial charge in [0.2, 0.25) is 0 Å². The van der Waals surface area contributed by atoms with Crippen LogP contribution < -0.4 is 14.8 Å². The summed E-state index contributed by atoms with van der Waals surface area (Å²) in [6.07, 6.45) is 0.143. The first kappa shape index (κ1) is 20.3. The number of nitrogens with one attached hydrogen (secondary N) is 1. The number of aryl methyl sites for hydroxylation is 2. The fraction of sp³-hybridized carbons (Fsp3) is 0.333. The van der Waals surface area contributed by atoms with E-state index in [0.29, 0.717) is 18.0 Å². The summed E-state index contributed by atoms with van der Waals surface area (Å²) in [6, 6.07) is 11.2. The molecule has 6 heteroatoms. The Morgan fingerprint density at radius 3 is 2.26 bits per heavy atom. The van der Waals surface area contributed by atoms with Gasteiger partial charge in [-0.2, -0.15) is 0 Å². The summed E-state index contributed by atoms with van der Waals surface area (Å²) in [5, 5.41) is 2.71. The minimum Gasteiger partial charge on any atom is -0.493 e. The van der Waals surface area contributed by atoms with E-state index < -0.39 is 5.97 Å². The van der Waals surface area contributed by atoms with Crippen molar-refractivity contribution in [2.24, 2.45) is 0 Å². The van der Waals surface area contributed by atoms with Crippen molar-refractivity contribution < 1.29 is 23.8 Å². The van der Waals surface area contributed by atoms with Gasteiger partial charge in [0.15, 0.2) is 18.1 Å². The highest BCUT2D eigenvalue weighted by Crippen LogP contribution is 2.27. The largest absolute Gasteiger partial charge is 0.493 e. The number of carbonyl (C=O) groups excluding carboxylic acids is 2. The van der Waals surface area contributed by atoms with Gasteiger partial charge in [-0.3, -0.25) is 9.59 Å². The second-order valence-electron chi connectivity index (χ2n) is 6.22. The zero-order valence-electron chi connectivity index (χ0n) is 16.1. The molecular formula is C21H25NO5. The molecule has 0 spiro atoms. The molecule has 144 valence electrons. The Hall–Kier alpha value is -3.02. The van der Waals surface area contributed by atoms with Crippen molar-refractivity contribution in [1.82, 2.24) is 5.32 Å². The van der Waals surface area contributed by atoms with Crippen molar-refractivity contribution in [2.45, 2.75) is 26.8 Å². The van der Waals surface area contributed by atoms with Crippen molar-refractivity contribution in [3.63, 3.8) is 0 Å². The van der Waals surface area contributed by atoms with Gasteiger partial charge in [0.1, 0.15) is 0 Å². The molecule has 0 fully saturated rings. The lowest BCUT2D eigenvalue weighted by atomic mass is 10.0. The van der Waals surface area contributed by atoms with Crippen LogP contribution in [0.4, 0.5) is 0 Å². The van der Waals surface area contributed by atoms with Gasteiger partial charge in [0, 0.05) is 6.54 Å². The zero-order chi connectivity index (χ0) is 19.8. The second kappa shape index (κ2) is 9.62. The minimum atomic E-state index is -0.431. The number of hydrogen-bond acceptors (Lipinski definition) is 5. The third-order valence-corrected chi connectivity index (χ3v) is 4.22. The van der Waals surface area contributed by atoms with Crippen LogP contribution >= 0.6 is 0 Å². The molecule has 0 atom stereocenters. The molecule has 0 aromatic heterocycles. The van der Waals surface area contributed by atoms with Crippen LogP contribution in [-0.2, 0) is 27.3 Å². The number of hydrogen-bond donors (Lipinski definition) is 1. The summed E-state index contributed by atoms with van der Waals surface area (Å²) >= 11 is 0. The number of carbonyl (C=O) groups is 2. The third-order valence-electron chi connectivity index (χ3n) is 4.22. The van der Waals surface area contributed by atoms with Crippen LogP contribution in [0.15, 0.2) is 36.4 Å². The lowest BCUT2D eigenvalue weighted by Gasteiger charge is -2.11. The topological polar surface area (TPSA) is 73.9 Å². The second-order valence-corrected chi connectivity index (χ2v) is 6.22. The number of esters is 1. The monoisotopic (exact) mass is 371 g/mol. The lowest BCUT2D eigenvalue weighted by molar-refractivity contribution is -0.147. The van der Waals surface area contributed by atoms with Crippen molar-refractivity contribution in [3.8, 4) is 11.5 Å². The third kappa shape index (κ3) is 6.02. The number of ether oxygens (including phenoxy) is 3. The van der Waals surface area contributed by atoms with Crippen molar-refractivity contribution in [2.75, 3.05) is 20.8 Å². The molecule has 1 N–H and O–H groups in total. The normalized spacial score (nSPS) is 10.2. The van der Waals surface area contributed by atoms with Gasteiger partial charge in [-0.25, -0.2) is 0 Å². The number of rotatable bonds is 8. The highest BCUT2D eigenvalue weighted by molar-refractivity contribution is 5.81. The van der Waals surface area contributed by atoms with E-state index >= 15 is 0 Å². The Balaban J connectivity index is 1.78. The van der Waals surface area contributed by atoms with Gasteiger partial charge in [0.25, 0.3) is 5.91 Å². The predicted molar refractivity (Wildman–Crippen MR) is 102 cm³/mol. The molecule has 27 heavy (non-hydrogen) atoms. The fourth-order valence-electron chi connectivity index (χ4n) is 2.52. The number of methoxy groups -OCH3 is 2. The van der Waals surface area contributed by atoms with E-state index in [2.05, 4.69) is 5.32 Å². The van der Waals surface area contributed by atoms with Gasteiger partial charge in [0.05, 0.1) is 20.6 Å². The summed E-state index contributed by atoms with van der Waals surface area (Å²) in [5.41, 5.74) is 4.01. The molecule has 0 heterocycles. The summed E-state index contributed by atoms with van der Waals surface area (Å²) in [4.78, 5) is 23.8. The minimum absolute atomic E-state index is 0.143. The standard InChI is InChI=1S/C21H25NO5/c1-14-5-6-16(9-15(14)2)11-21(24)27-13-20(23)22-12-17-7-8-18(25-3)19(10-17)26-4/h5-10H,11-13H2,1-4H3,(H,22,23). The van der Waals surface area contributed by atoms with Crippen LogP contribution in [0.2, 0.25) is 0 Å². The van der Waals surface area contributed by atoms with E-state index in [9.17, 15) is 9.59 Å². The number of benzene rings is 2. The Labute approximate surface area is 159 Å². The van der Waals surface area contributed by atoms with Gasteiger partial charge >= 0.3 is 5.97 Å². The van der Waals surface area contributed by atoms with E-state index in [1.807, 2.05) is 38.1 Å².